The van der Waals surface area contributed by atoms with Gasteiger partial charge in [0.15, 0.2) is 0 Å². The molecule has 23 heavy (non-hydrogen) atoms. The van der Waals surface area contributed by atoms with E-state index >= 15 is 0 Å². The molecule has 0 unspecified atom stereocenters. The largest absolute Gasteiger partial charge is 0.437 e. The van der Waals surface area contributed by atoms with Crippen molar-refractivity contribution in [3.8, 4) is 22.9 Å². The second-order valence-electron chi connectivity index (χ2n) is 4.76. The summed E-state index contributed by atoms with van der Waals surface area (Å²) in [6.07, 6.45) is 4.78. The zero-order valence-electron chi connectivity index (χ0n) is 11.8. The fraction of sp³-hybridized carbons (Fsp3) is 0. The van der Waals surface area contributed by atoms with Crippen LogP contribution in [-0.4, -0.2) is 24.6 Å². The lowest BCUT2D eigenvalue weighted by atomic mass is 10.1. The molecule has 0 spiro atoms. The topological polar surface area (TPSA) is 65.2 Å². The maximum Gasteiger partial charge on any atom is 0.255 e. The molecule has 7 heteroatoms. The van der Waals surface area contributed by atoms with Gasteiger partial charge in [0.25, 0.3) is 5.78 Å². The average Bonchev–Trinajstić information content (AvgIpc) is 3.04. The fourth-order valence-electron chi connectivity index (χ4n) is 2.18. The van der Waals surface area contributed by atoms with Crippen molar-refractivity contribution in [1.82, 2.24) is 24.6 Å². The Balaban J connectivity index is 1.83. The molecule has 0 saturated heterocycles. The van der Waals surface area contributed by atoms with Crippen LogP contribution in [-0.2, 0) is 0 Å². The second kappa shape index (κ2) is 5.77. The van der Waals surface area contributed by atoms with Gasteiger partial charge in [-0.25, -0.2) is 4.98 Å². The highest BCUT2D eigenvalue weighted by Gasteiger charge is 2.11. The predicted molar refractivity (Wildman–Crippen MR) is 88.2 cm³/mol. The third-order valence-corrected chi connectivity index (χ3v) is 3.62. The number of ether oxygens (including phenoxy) is 1. The lowest BCUT2D eigenvalue weighted by Gasteiger charge is -2.09. The normalized spacial score (nSPS) is 10.8. The van der Waals surface area contributed by atoms with E-state index in [9.17, 15) is 0 Å². The monoisotopic (exact) mass is 367 g/mol. The van der Waals surface area contributed by atoms with Gasteiger partial charge in [0, 0.05) is 22.3 Å². The summed E-state index contributed by atoms with van der Waals surface area (Å²) in [7, 11) is 0. The van der Waals surface area contributed by atoms with Crippen LogP contribution in [0, 0.1) is 0 Å². The van der Waals surface area contributed by atoms with Crippen molar-refractivity contribution in [3.63, 3.8) is 0 Å². The second-order valence-corrected chi connectivity index (χ2v) is 5.67. The SMILES string of the molecule is Brc1cncc(Oc2cc(-c3ccccc3)nc3ncnn23)c1. The van der Waals surface area contributed by atoms with E-state index < -0.39 is 0 Å². The standard InChI is InChI=1S/C16H10BrN5O/c17-12-6-13(9-18-8-12)23-15-7-14(11-4-2-1-3-5-11)21-16-19-10-20-22(15)16/h1-10H. The highest BCUT2D eigenvalue weighted by Crippen LogP contribution is 2.27. The lowest BCUT2D eigenvalue weighted by Crippen LogP contribution is -1.99. The van der Waals surface area contributed by atoms with Gasteiger partial charge in [-0.05, 0) is 22.0 Å². The van der Waals surface area contributed by atoms with Crippen molar-refractivity contribution in [2.24, 2.45) is 0 Å². The van der Waals surface area contributed by atoms with Crippen molar-refractivity contribution < 1.29 is 4.74 Å². The van der Waals surface area contributed by atoms with Gasteiger partial charge in [-0.2, -0.15) is 14.6 Å². The van der Waals surface area contributed by atoms with Crippen LogP contribution < -0.4 is 4.74 Å². The molecule has 0 atom stereocenters. The molecule has 4 aromatic rings. The summed E-state index contributed by atoms with van der Waals surface area (Å²) >= 11 is 3.38. The zero-order chi connectivity index (χ0) is 15.6. The molecule has 3 aromatic heterocycles. The van der Waals surface area contributed by atoms with Gasteiger partial charge >= 0.3 is 0 Å². The Morgan fingerprint density at radius 3 is 2.74 bits per heavy atom. The van der Waals surface area contributed by atoms with Crippen molar-refractivity contribution in [1.29, 1.82) is 0 Å². The summed E-state index contributed by atoms with van der Waals surface area (Å²) < 4.78 is 8.31. The van der Waals surface area contributed by atoms with Crippen molar-refractivity contribution in [2.75, 3.05) is 0 Å². The summed E-state index contributed by atoms with van der Waals surface area (Å²) in [5, 5.41) is 4.16. The third kappa shape index (κ3) is 2.78. The molecule has 0 aliphatic rings. The van der Waals surface area contributed by atoms with Crippen LogP contribution in [0.25, 0.3) is 17.0 Å². The summed E-state index contributed by atoms with van der Waals surface area (Å²) in [6, 6.07) is 13.5. The average molecular weight is 368 g/mol. The van der Waals surface area contributed by atoms with Crippen molar-refractivity contribution >= 4 is 21.7 Å². The molecule has 0 amide bonds. The smallest absolute Gasteiger partial charge is 0.255 e. The number of hydrogen-bond acceptors (Lipinski definition) is 5. The Labute approximate surface area is 139 Å². The van der Waals surface area contributed by atoms with Gasteiger partial charge in [-0.1, -0.05) is 30.3 Å². The first kappa shape index (κ1) is 13.8. The van der Waals surface area contributed by atoms with Crippen LogP contribution in [0.2, 0.25) is 0 Å². The summed E-state index contributed by atoms with van der Waals surface area (Å²) in [5.74, 6) is 1.59. The summed E-state index contributed by atoms with van der Waals surface area (Å²) in [5.41, 5.74) is 1.75. The van der Waals surface area contributed by atoms with Crippen LogP contribution in [0.1, 0.15) is 0 Å². The van der Waals surface area contributed by atoms with Crippen LogP contribution in [0.15, 0.2) is 65.7 Å². The summed E-state index contributed by atoms with van der Waals surface area (Å²) in [6.45, 7) is 0. The Bertz CT molecular complexity index is 971. The van der Waals surface area contributed by atoms with E-state index in [1.54, 1.807) is 16.9 Å². The molecule has 1 aromatic carbocycles. The maximum absolute atomic E-state index is 5.92. The number of hydrogen-bond donors (Lipinski definition) is 0. The Hall–Kier alpha value is -2.80. The first-order chi connectivity index (χ1) is 11.3. The number of nitrogens with zero attached hydrogens (tertiary/aromatic N) is 5. The summed E-state index contributed by atoms with van der Waals surface area (Å²) in [4.78, 5) is 12.8. The van der Waals surface area contributed by atoms with Gasteiger partial charge in [0.2, 0.25) is 5.88 Å². The quantitative estimate of drug-likeness (QED) is 0.551. The fourth-order valence-corrected chi connectivity index (χ4v) is 2.53. The van der Waals surface area contributed by atoms with Crippen LogP contribution in [0.3, 0.4) is 0 Å². The molecule has 4 rings (SSSR count). The highest BCUT2D eigenvalue weighted by atomic mass is 79.9. The maximum atomic E-state index is 5.92. The Morgan fingerprint density at radius 1 is 1.04 bits per heavy atom. The minimum Gasteiger partial charge on any atom is -0.437 e. The lowest BCUT2D eigenvalue weighted by molar-refractivity contribution is 0.444. The number of aromatic nitrogens is 5. The molecular formula is C16H10BrN5O. The van der Waals surface area contributed by atoms with Gasteiger partial charge in [-0.3, -0.25) is 4.98 Å². The van der Waals surface area contributed by atoms with Gasteiger partial charge in [0.1, 0.15) is 12.1 Å². The zero-order valence-corrected chi connectivity index (χ0v) is 13.4. The first-order valence-electron chi connectivity index (χ1n) is 6.84. The van der Waals surface area contributed by atoms with Crippen molar-refractivity contribution in [3.05, 3.63) is 65.7 Å². The molecule has 3 heterocycles. The minimum absolute atomic E-state index is 0.476. The van der Waals surface area contributed by atoms with E-state index in [1.807, 2.05) is 42.5 Å². The van der Waals surface area contributed by atoms with Gasteiger partial charge in [0.05, 0.1) is 11.9 Å². The first-order valence-corrected chi connectivity index (χ1v) is 7.63. The van der Waals surface area contributed by atoms with Crippen LogP contribution >= 0.6 is 15.9 Å². The minimum atomic E-state index is 0.476. The van der Waals surface area contributed by atoms with E-state index in [0.29, 0.717) is 17.4 Å². The molecule has 0 aliphatic carbocycles. The Kier molecular flexibility index (Phi) is 3.47. The van der Waals surface area contributed by atoms with E-state index in [2.05, 4.69) is 36.0 Å². The molecular weight excluding hydrogens is 358 g/mol. The molecule has 0 saturated carbocycles. The van der Waals surface area contributed by atoms with Crippen molar-refractivity contribution in [2.45, 2.75) is 0 Å². The molecule has 0 aliphatic heterocycles. The van der Waals surface area contributed by atoms with E-state index in [0.717, 1.165) is 15.7 Å². The van der Waals surface area contributed by atoms with E-state index in [1.165, 1.54) is 6.33 Å². The molecule has 6 nitrogen and oxygen atoms in total. The highest BCUT2D eigenvalue weighted by molar-refractivity contribution is 9.10. The number of halogens is 1. The van der Waals surface area contributed by atoms with Crippen LogP contribution in [0.4, 0.5) is 0 Å². The van der Waals surface area contributed by atoms with Gasteiger partial charge in [-0.15, -0.1) is 0 Å². The third-order valence-electron chi connectivity index (χ3n) is 3.19. The molecule has 112 valence electrons. The number of fused-ring (bicyclic) bond motifs is 1. The Morgan fingerprint density at radius 2 is 1.91 bits per heavy atom. The van der Waals surface area contributed by atoms with E-state index in [4.69, 9.17) is 4.74 Å². The van der Waals surface area contributed by atoms with E-state index in [-0.39, 0.29) is 0 Å². The van der Waals surface area contributed by atoms with Crippen LogP contribution in [0.5, 0.6) is 11.6 Å². The number of rotatable bonds is 3. The molecule has 0 fully saturated rings. The number of benzene rings is 1. The molecule has 0 bridgehead atoms. The van der Waals surface area contributed by atoms with Gasteiger partial charge < -0.3 is 4.74 Å². The number of pyridine rings is 1. The predicted octanol–water partition coefficient (Wildman–Crippen LogP) is 3.74. The molecule has 0 N–H and O–H groups in total. The molecule has 0 radical (unpaired) electrons.